The minimum absolute atomic E-state index is 0.0147. The third-order valence-electron chi connectivity index (χ3n) is 7.93. The summed E-state index contributed by atoms with van der Waals surface area (Å²) in [7, 11) is 0. The summed E-state index contributed by atoms with van der Waals surface area (Å²) in [5.41, 5.74) is 6.03. The third kappa shape index (κ3) is 5.43. The molecule has 206 valence electrons. The molecule has 3 aromatic carbocycles. The average molecular weight is 547 g/mol. The topological polar surface area (TPSA) is 65.8 Å². The Morgan fingerprint density at radius 3 is 2.34 bits per heavy atom. The van der Waals surface area contributed by atoms with Crippen molar-refractivity contribution in [1.82, 2.24) is 24.4 Å². The second kappa shape index (κ2) is 10.8. The van der Waals surface area contributed by atoms with Crippen LogP contribution in [0.2, 0.25) is 0 Å². The molecule has 0 unspecified atom stereocenters. The summed E-state index contributed by atoms with van der Waals surface area (Å²) in [4.78, 5) is 22.2. The van der Waals surface area contributed by atoms with Crippen molar-refractivity contribution in [3.8, 4) is 11.3 Å². The third-order valence-corrected chi connectivity index (χ3v) is 7.93. The van der Waals surface area contributed by atoms with Crippen LogP contribution < -0.4 is 5.32 Å². The number of aromatic nitrogens is 3. The van der Waals surface area contributed by atoms with Gasteiger partial charge in [-0.25, -0.2) is 9.37 Å². The van der Waals surface area contributed by atoms with Crippen molar-refractivity contribution >= 4 is 23.1 Å². The summed E-state index contributed by atoms with van der Waals surface area (Å²) >= 11 is 0. The van der Waals surface area contributed by atoms with Gasteiger partial charge in [0.2, 0.25) is 0 Å². The first-order chi connectivity index (χ1) is 20.1. The fourth-order valence-corrected chi connectivity index (χ4v) is 5.42. The number of amides is 1. The van der Waals surface area contributed by atoms with Crippen LogP contribution >= 0.6 is 0 Å². The number of hydrogen-bond acceptors (Lipinski definition) is 5. The van der Waals surface area contributed by atoms with E-state index in [1.165, 1.54) is 18.9 Å². The van der Waals surface area contributed by atoms with Gasteiger partial charge in [0.1, 0.15) is 11.6 Å². The fourth-order valence-electron chi connectivity index (χ4n) is 5.42. The van der Waals surface area contributed by atoms with E-state index in [-0.39, 0.29) is 11.7 Å². The zero-order valence-corrected chi connectivity index (χ0v) is 22.7. The van der Waals surface area contributed by atoms with Gasteiger partial charge in [-0.2, -0.15) is 9.61 Å². The number of nitrogens with zero attached hydrogens (tertiary/aromatic N) is 5. The Kier molecular flexibility index (Phi) is 6.68. The van der Waals surface area contributed by atoms with Crippen molar-refractivity contribution in [1.29, 1.82) is 0 Å². The molecule has 5 aromatic rings. The highest BCUT2D eigenvalue weighted by molar-refractivity contribution is 5.94. The normalized spacial score (nSPS) is 15.8. The first kappa shape index (κ1) is 25.4. The van der Waals surface area contributed by atoms with Gasteiger partial charge in [0.15, 0.2) is 5.65 Å². The quantitative estimate of drug-likeness (QED) is 0.267. The second-order valence-electron chi connectivity index (χ2n) is 10.9. The SMILES string of the molecule is O=C(c1ccc(Nc2cc(-c3ccccc3)nc3cc(C4CC4)nn23)cc1)N1CCN(Cc2ccccc2F)CC1. The standard InChI is InChI=1S/C33H31FN6O/c34-28-9-5-4-8-26(28)22-38-16-18-39(19-17-38)33(41)25-12-14-27(15-13-25)35-31-20-29(23-6-2-1-3-7-23)36-32-21-30(24-10-11-24)37-40(31)32/h1-9,12-15,20-21,24,35H,10-11,16-19,22H2. The molecule has 1 saturated carbocycles. The molecular weight excluding hydrogens is 515 g/mol. The number of benzene rings is 3. The lowest BCUT2D eigenvalue weighted by Gasteiger charge is -2.34. The van der Waals surface area contributed by atoms with Crippen molar-refractivity contribution in [2.75, 3.05) is 31.5 Å². The van der Waals surface area contributed by atoms with Gasteiger partial charge in [0.25, 0.3) is 5.91 Å². The maximum Gasteiger partial charge on any atom is 0.253 e. The van der Waals surface area contributed by atoms with Crippen molar-refractivity contribution < 1.29 is 9.18 Å². The summed E-state index contributed by atoms with van der Waals surface area (Å²) in [6.07, 6.45) is 2.35. The van der Waals surface area contributed by atoms with Crippen LogP contribution in [0.5, 0.6) is 0 Å². The average Bonchev–Trinajstić information content (AvgIpc) is 3.77. The summed E-state index contributed by atoms with van der Waals surface area (Å²) in [5.74, 6) is 1.18. The van der Waals surface area contributed by atoms with E-state index in [9.17, 15) is 9.18 Å². The molecule has 0 atom stereocenters. The molecule has 1 aliphatic carbocycles. The highest BCUT2D eigenvalue weighted by Gasteiger charge is 2.27. The molecule has 8 heteroatoms. The van der Waals surface area contributed by atoms with Gasteiger partial charge < -0.3 is 10.2 Å². The molecule has 1 saturated heterocycles. The summed E-state index contributed by atoms with van der Waals surface area (Å²) < 4.78 is 15.9. The van der Waals surface area contributed by atoms with Crippen LogP contribution in [0, 0.1) is 5.82 Å². The lowest BCUT2D eigenvalue weighted by molar-refractivity contribution is 0.0627. The Labute approximate surface area is 238 Å². The predicted octanol–water partition coefficient (Wildman–Crippen LogP) is 6.11. The summed E-state index contributed by atoms with van der Waals surface area (Å²) in [6.45, 7) is 3.23. The Bertz CT molecular complexity index is 1690. The molecule has 2 fully saturated rings. The van der Waals surface area contributed by atoms with E-state index in [0.29, 0.717) is 49.8 Å². The highest BCUT2D eigenvalue weighted by atomic mass is 19.1. The second-order valence-corrected chi connectivity index (χ2v) is 10.9. The molecule has 2 aromatic heterocycles. The van der Waals surface area contributed by atoms with E-state index >= 15 is 0 Å². The molecule has 2 aliphatic rings. The number of halogens is 1. The Hall–Kier alpha value is -4.56. The van der Waals surface area contributed by atoms with Gasteiger partial charge >= 0.3 is 0 Å². The molecule has 7 rings (SSSR count). The van der Waals surface area contributed by atoms with Crippen LogP contribution in [-0.2, 0) is 6.54 Å². The van der Waals surface area contributed by atoms with Crippen LogP contribution in [0.1, 0.15) is 40.4 Å². The van der Waals surface area contributed by atoms with E-state index in [4.69, 9.17) is 10.1 Å². The Morgan fingerprint density at radius 1 is 0.878 bits per heavy atom. The fraction of sp³-hybridized carbons (Fsp3) is 0.242. The highest BCUT2D eigenvalue weighted by Crippen LogP contribution is 2.40. The van der Waals surface area contributed by atoms with E-state index in [1.54, 1.807) is 6.07 Å². The smallest absolute Gasteiger partial charge is 0.253 e. The summed E-state index contributed by atoms with van der Waals surface area (Å²) in [5, 5.41) is 8.36. The maximum atomic E-state index is 14.0. The molecule has 1 amide bonds. The van der Waals surface area contributed by atoms with Gasteiger partial charge in [-0.05, 0) is 43.2 Å². The van der Waals surface area contributed by atoms with Gasteiger partial charge in [-0.1, -0.05) is 48.5 Å². The van der Waals surface area contributed by atoms with E-state index in [0.717, 1.165) is 34.1 Å². The van der Waals surface area contributed by atoms with Crippen molar-refractivity contribution in [3.05, 3.63) is 114 Å². The van der Waals surface area contributed by atoms with Crippen LogP contribution in [0.25, 0.3) is 16.9 Å². The predicted molar refractivity (Wildman–Crippen MR) is 158 cm³/mol. The van der Waals surface area contributed by atoms with Crippen molar-refractivity contribution in [2.45, 2.75) is 25.3 Å². The molecule has 1 aliphatic heterocycles. The van der Waals surface area contributed by atoms with E-state index in [2.05, 4.69) is 28.4 Å². The number of nitrogens with one attached hydrogen (secondary N) is 1. The van der Waals surface area contributed by atoms with Crippen LogP contribution in [0.15, 0.2) is 91.0 Å². The molecule has 0 spiro atoms. The number of rotatable bonds is 7. The van der Waals surface area contributed by atoms with Gasteiger partial charge in [-0.15, -0.1) is 0 Å². The first-order valence-electron chi connectivity index (χ1n) is 14.2. The largest absolute Gasteiger partial charge is 0.340 e. The number of hydrogen-bond donors (Lipinski definition) is 1. The number of anilines is 2. The van der Waals surface area contributed by atoms with E-state index in [1.807, 2.05) is 70.1 Å². The maximum absolute atomic E-state index is 14.0. The van der Waals surface area contributed by atoms with Crippen molar-refractivity contribution in [2.24, 2.45) is 0 Å². The zero-order chi connectivity index (χ0) is 27.8. The molecule has 0 radical (unpaired) electrons. The number of carbonyl (C=O) groups excluding carboxylic acids is 1. The van der Waals surface area contributed by atoms with Gasteiger partial charge in [0, 0.05) is 73.2 Å². The molecule has 0 bridgehead atoms. The van der Waals surface area contributed by atoms with Crippen LogP contribution in [-0.4, -0.2) is 56.5 Å². The molecule has 41 heavy (non-hydrogen) atoms. The van der Waals surface area contributed by atoms with Gasteiger partial charge in [-0.3, -0.25) is 9.69 Å². The van der Waals surface area contributed by atoms with Crippen LogP contribution in [0.4, 0.5) is 15.9 Å². The summed E-state index contributed by atoms with van der Waals surface area (Å²) in [6, 6.07) is 28.7. The molecular formula is C33H31FN6O. The first-order valence-corrected chi connectivity index (χ1v) is 14.2. The molecule has 3 heterocycles. The molecule has 1 N–H and O–H groups in total. The zero-order valence-electron chi connectivity index (χ0n) is 22.7. The number of carbonyl (C=O) groups is 1. The lowest BCUT2D eigenvalue weighted by atomic mass is 10.1. The lowest BCUT2D eigenvalue weighted by Crippen LogP contribution is -2.48. The Morgan fingerprint density at radius 2 is 1.61 bits per heavy atom. The Balaban J connectivity index is 1.05. The van der Waals surface area contributed by atoms with E-state index < -0.39 is 0 Å². The minimum atomic E-state index is -0.181. The van der Waals surface area contributed by atoms with Crippen LogP contribution in [0.3, 0.4) is 0 Å². The van der Waals surface area contributed by atoms with Crippen molar-refractivity contribution in [3.63, 3.8) is 0 Å². The minimum Gasteiger partial charge on any atom is -0.340 e. The number of piperazine rings is 1. The number of fused-ring (bicyclic) bond motifs is 1. The molecule has 7 nitrogen and oxygen atoms in total. The van der Waals surface area contributed by atoms with Gasteiger partial charge in [0.05, 0.1) is 11.4 Å². The monoisotopic (exact) mass is 546 g/mol.